The molecule has 0 atom stereocenters. The van der Waals surface area contributed by atoms with E-state index in [9.17, 15) is 27.6 Å². The number of carbonyl (C=O) groups is 3. The molecular formula is C19H20F3N3O6. The van der Waals surface area contributed by atoms with Crippen LogP contribution in [0.15, 0.2) is 28.8 Å². The Balaban J connectivity index is 1.72. The fraction of sp³-hybridized carbons (Fsp3) is 0.368. The zero-order valence-electron chi connectivity index (χ0n) is 16.7. The van der Waals surface area contributed by atoms with E-state index in [1.165, 1.54) is 5.32 Å². The van der Waals surface area contributed by atoms with Gasteiger partial charge in [-0.2, -0.15) is 13.2 Å². The van der Waals surface area contributed by atoms with Gasteiger partial charge in [0.05, 0.1) is 17.7 Å². The van der Waals surface area contributed by atoms with Gasteiger partial charge in [0, 0.05) is 0 Å². The molecule has 0 fully saturated rings. The summed E-state index contributed by atoms with van der Waals surface area (Å²) in [5, 5.41) is 6.91. The molecule has 2 rings (SSSR count). The van der Waals surface area contributed by atoms with Crippen LogP contribution in [0.25, 0.3) is 0 Å². The normalized spacial score (nSPS) is 11.0. The second-order valence-corrected chi connectivity index (χ2v) is 6.42. The van der Waals surface area contributed by atoms with E-state index in [1.54, 1.807) is 43.4 Å². The monoisotopic (exact) mass is 443 g/mol. The first-order chi connectivity index (χ1) is 14.5. The average Bonchev–Trinajstić information content (AvgIpc) is 3.01. The number of esters is 1. The van der Waals surface area contributed by atoms with Crippen LogP contribution in [0.2, 0.25) is 0 Å². The molecule has 0 aliphatic carbocycles. The number of hydrogen-bond acceptors (Lipinski definition) is 7. The van der Waals surface area contributed by atoms with Crippen LogP contribution >= 0.6 is 0 Å². The molecule has 31 heavy (non-hydrogen) atoms. The number of halogens is 3. The van der Waals surface area contributed by atoms with E-state index in [0.29, 0.717) is 17.1 Å². The van der Waals surface area contributed by atoms with Crippen molar-refractivity contribution >= 4 is 17.9 Å². The van der Waals surface area contributed by atoms with Crippen molar-refractivity contribution in [1.29, 1.82) is 0 Å². The summed E-state index contributed by atoms with van der Waals surface area (Å²) < 4.78 is 51.3. The number of imide groups is 1. The summed E-state index contributed by atoms with van der Waals surface area (Å²) in [6.07, 6.45) is -4.76. The maximum Gasteiger partial charge on any atom is 0.405 e. The molecule has 0 spiro atoms. The SMILES string of the molecule is Cc1noc(C)c1COc1ccc(CC(=O)OCC(=O)NC(=O)NCC(F)(F)F)cc1. The third-order valence-electron chi connectivity index (χ3n) is 3.90. The zero-order chi connectivity index (χ0) is 23.0. The summed E-state index contributed by atoms with van der Waals surface area (Å²) in [5.74, 6) is -0.591. The molecule has 0 aliphatic heterocycles. The molecule has 0 bridgehead atoms. The number of amides is 3. The minimum Gasteiger partial charge on any atom is -0.489 e. The van der Waals surface area contributed by atoms with Crippen molar-refractivity contribution in [3.05, 3.63) is 46.8 Å². The van der Waals surface area contributed by atoms with Crippen LogP contribution < -0.4 is 15.4 Å². The van der Waals surface area contributed by atoms with Crippen LogP contribution in [0.4, 0.5) is 18.0 Å². The molecule has 2 aromatic rings. The molecular weight excluding hydrogens is 423 g/mol. The first kappa shape index (κ1) is 23.7. The van der Waals surface area contributed by atoms with Gasteiger partial charge in [-0.3, -0.25) is 14.9 Å². The number of hydrogen-bond donors (Lipinski definition) is 2. The number of rotatable bonds is 8. The van der Waals surface area contributed by atoms with E-state index in [-0.39, 0.29) is 13.0 Å². The molecule has 168 valence electrons. The number of urea groups is 1. The van der Waals surface area contributed by atoms with Crippen LogP contribution in [-0.2, 0) is 27.4 Å². The van der Waals surface area contributed by atoms with Gasteiger partial charge in [0.15, 0.2) is 6.61 Å². The molecule has 9 nitrogen and oxygen atoms in total. The second kappa shape index (κ2) is 10.5. The Morgan fingerprint density at radius 3 is 2.39 bits per heavy atom. The van der Waals surface area contributed by atoms with Crippen molar-refractivity contribution in [2.45, 2.75) is 33.1 Å². The van der Waals surface area contributed by atoms with Crippen molar-refractivity contribution in [1.82, 2.24) is 15.8 Å². The third kappa shape index (κ3) is 8.36. The van der Waals surface area contributed by atoms with Crippen molar-refractivity contribution in [2.75, 3.05) is 13.2 Å². The lowest BCUT2D eigenvalue weighted by atomic mass is 10.1. The summed E-state index contributed by atoms with van der Waals surface area (Å²) in [7, 11) is 0. The summed E-state index contributed by atoms with van der Waals surface area (Å²) in [6, 6.07) is 5.23. The van der Waals surface area contributed by atoms with Crippen LogP contribution in [0, 0.1) is 13.8 Å². The van der Waals surface area contributed by atoms with E-state index < -0.39 is 37.2 Å². The summed E-state index contributed by atoms with van der Waals surface area (Å²) in [5.41, 5.74) is 2.16. The maximum atomic E-state index is 12.0. The Hall–Kier alpha value is -3.57. The number of carbonyl (C=O) groups excluding carboxylic acids is 3. The highest BCUT2D eigenvalue weighted by Crippen LogP contribution is 2.18. The van der Waals surface area contributed by atoms with Crippen molar-refractivity contribution in [3.63, 3.8) is 0 Å². The Labute approximate surface area is 174 Å². The second-order valence-electron chi connectivity index (χ2n) is 6.42. The average molecular weight is 443 g/mol. The van der Waals surface area contributed by atoms with Gasteiger partial charge in [0.25, 0.3) is 5.91 Å². The molecule has 0 aliphatic rings. The lowest BCUT2D eigenvalue weighted by Gasteiger charge is -2.09. The van der Waals surface area contributed by atoms with Crippen LogP contribution in [0.3, 0.4) is 0 Å². The highest BCUT2D eigenvalue weighted by atomic mass is 19.4. The van der Waals surface area contributed by atoms with Gasteiger partial charge in [0.1, 0.15) is 24.7 Å². The molecule has 1 aromatic carbocycles. The highest BCUT2D eigenvalue weighted by molar-refractivity contribution is 5.95. The number of alkyl halides is 3. The van der Waals surface area contributed by atoms with Gasteiger partial charge in [-0.1, -0.05) is 17.3 Å². The zero-order valence-corrected chi connectivity index (χ0v) is 16.7. The van der Waals surface area contributed by atoms with Gasteiger partial charge in [0.2, 0.25) is 0 Å². The summed E-state index contributed by atoms with van der Waals surface area (Å²) in [6.45, 7) is 1.46. The predicted octanol–water partition coefficient (Wildman–Crippen LogP) is 2.34. The molecule has 0 unspecified atom stereocenters. The smallest absolute Gasteiger partial charge is 0.405 e. The quantitative estimate of drug-likeness (QED) is 0.601. The number of aromatic nitrogens is 1. The summed E-state index contributed by atoms with van der Waals surface area (Å²) in [4.78, 5) is 34.4. The van der Waals surface area contributed by atoms with Gasteiger partial charge < -0.3 is 19.3 Å². The first-order valence-electron chi connectivity index (χ1n) is 8.97. The van der Waals surface area contributed by atoms with E-state index >= 15 is 0 Å². The fourth-order valence-corrected chi connectivity index (χ4v) is 2.32. The number of benzene rings is 1. The van der Waals surface area contributed by atoms with Gasteiger partial charge >= 0.3 is 18.2 Å². The Morgan fingerprint density at radius 2 is 1.81 bits per heavy atom. The highest BCUT2D eigenvalue weighted by Gasteiger charge is 2.28. The summed E-state index contributed by atoms with van der Waals surface area (Å²) >= 11 is 0. The van der Waals surface area contributed by atoms with E-state index in [2.05, 4.69) is 5.16 Å². The number of nitrogens with one attached hydrogen (secondary N) is 2. The predicted molar refractivity (Wildman–Crippen MR) is 99.0 cm³/mol. The van der Waals surface area contributed by atoms with Gasteiger partial charge in [-0.25, -0.2) is 4.79 Å². The molecule has 0 saturated heterocycles. The number of aryl methyl sites for hydroxylation is 2. The lowest BCUT2D eigenvalue weighted by molar-refractivity contribution is -0.147. The van der Waals surface area contributed by atoms with E-state index in [1.807, 2.05) is 0 Å². The molecule has 1 heterocycles. The molecule has 0 radical (unpaired) electrons. The minimum atomic E-state index is -4.61. The topological polar surface area (TPSA) is 120 Å². The molecule has 3 amide bonds. The fourth-order valence-electron chi connectivity index (χ4n) is 2.32. The Bertz CT molecular complexity index is 905. The molecule has 2 N–H and O–H groups in total. The van der Waals surface area contributed by atoms with Gasteiger partial charge in [-0.05, 0) is 31.5 Å². The van der Waals surface area contributed by atoms with Crippen molar-refractivity contribution in [2.24, 2.45) is 0 Å². The molecule has 1 aromatic heterocycles. The number of ether oxygens (including phenoxy) is 2. The van der Waals surface area contributed by atoms with Crippen LogP contribution in [0.5, 0.6) is 5.75 Å². The van der Waals surface area contributed by atoms with Crippen LogP contribution in [-0.4, -0.2) is 42.4 Å². The number of nitrogens with zero attached hydrogens (tertiary/aromatic N) is 1. The minimum absolute atomic E-state index is 0.155. The third-order valence-corrected chi connectivity index (χ3v) is 3.90. The largest absolute Gasteiger partial charge is 0.489 e. The lowest BCUT2D eigenvalue weighted by Crippen LogP contribution is -2.44. The molecule has 12 heteroatoms. The Kier molecular flexibility index (Phi) is 8.00. The van der Waals surface area contributed by atoms with Crippen LogP contribution in [0.1, 0.15) is 22.6 Å². The van der Waals surface area contributed by atoms with E-state index in [0.717, 1.165) is 11.3 Å². The van der Waals surface area contributed by atoms with Crippen molar-refractivity contribution in [3.8, 4) is 5.75 Å². The van der Waals surface area contributed by atoms with E-state index in [4.69, 9.17) is 14.0 Å². The van der Waals surface area contributed by atoms with Crippen molar-refractivity contribution < 1.29 is 41.6 Å². The standard InChI is InChI=1S/C19H20F3N3O6/c1-11-15(12(2)31-25-11)8-29-14-5-3-13(4-6-14)7-17(27)30-9-16(26)24-18(28)23-10-19(20,21)22/h3-6H,7-10H2,1-2H3,(H2,23,24,26,28). The van der Waals surface area contributed by atoms with Gasteiger partial charge in [-0.15, -0.1) is 0 Å². The Morgan fingerprint density at radius 1 is 1.13 bits per heavy atom. The first-order valence-corrected chi connectivity index (χ1v) is 8.97. The molecule has 0 saturated carbocycles. The maximum absolute atomic E-state index is 12.0.